The fourth-order valence-corrected chi connectivity index (χ4v) is 1.18. The Hall–Kier alpha value is -2.17. The van der Waals surface area contributed by atoms with Crippen LogP contribution in [0.2, 0.25) is 0 Å². The van der Waals surface area contributed by atoms with Gasteiger partial charge in [0.05, 0.1) is 11.8 Å². The summed E-state index contributed by atoms with van der Waals surface area (Å²) in [4.78, 5) is 15.7. The molecule has 0 unspecified atom stereocenters. The van der Waals surface area contributed by atoms with Gasteiger partial charge in [-0.25, -0.2) is 4.98 Å². The van der Waals surface area contributed by atoms with Crippen LogP contribution in [-0.2, 0) is 0 Å². The van der Waals surface area contributed by atoms with Crippen molar-refractivity contribution in [1.29, 1.82) is 0 Å². The van der Waals surface area contributed by atoms with Gasteiger partial charge in [0, 0.05) is 11.9 Å². The normalized spacial score (nSPS) is 9.93. The zero-order chi connectivity index (χ0) is 10.7. The van der Waals surface area contributed by atoms with Crippen molar-refractivity contribution in [3.05, 3.63) is 41.9 Å². The Morgan fingerprint density at radius 2 is 2.33 bits per heavy atom. The lowest BCUT2D eigenvalue weighted by atomic mass is 10.3. The van der Waals surface area contributed by atoms with Gasteiger partial charge in [0.1, 0.15) is 5.82 Å². The van der Waals surface area contributed by atoms with Crippen LogP contribution in [0.3, 0.4) is 0 Å². The third-order valence-corrected chi connectivity index (χ3v) is 1.89. The summed E-state index contributed by atoms with van der Waals surface area (Å²) in [5, 5.41) is 8.95. The summed E-state index contributed by atoms with van der Waals surface area (Å²) in [6.07, 6.45) is 3.00. The largest absolute Gasteiger partial charge is 0.306 e. The standard InChI is InChI=1S/C10H10N4O/c1-7-3-2-4-9(13-7)14-10(15)8-5-11-12-6-8/h2-6H,1H3,(H,11,12)(H,13,14,15). The van der Waals surface area contributed by atoms with E-state index in [2.05, 4.69) is 20.5 Å². The number of carbonyl (C=O) groups excluding carboxylic acids is 1. The second kappa shape index (κ2) is 3.91. The second-order valence-electron chi connectivity index (χ2n) is 3.11. The summed E-state index contributed by atoms with van der Waals surface area (Å²) in [6.45, 7) is 1.87. The molecule has 0 atom stereocenters. The van der Waals surface area contributed by atoms with Gasteiger partial charge in [-0.15, -0.1) is 0 Å². The smallest absolute Gasteiger partial charge is 0.259 e. The number of anilines is 1. The van der Waals surface area contributed by atoms with Crippen molar-refractivity contribution in [1.82, 2.24) is 15.2 Å². The van der Waals surface area contributed by atoms with Gasteiger partial charge in [0.25, 0.3) is 5.91 Å². The summed E-state index contributed by atoms with van der Waals surface area (Å²) >= 11 is 0. The fourth-order valence-electron chi connectivity index (χ4n) is 1.18. The lowest BCUT2D eigenvalue weighted by molar-refractivity contribution is 0.102. The maximum atomic E-state index is 11.6. The Balaban J connectivity index is 2.13. The zero-order valence-electron chi connectivity index (χ0n) is 8.19. The van der Waals surface area contributed by atoms with Crippen LogP contribution in [0.4, 0.5) is 5.82 Å². The summed E-state index contributed by atoms with van der Waals surface area (Å²) in [7, 11) is 0. The van der Waals surface area contributed by atoms with Crippen LogP contribution in [0.25, 0.3) is 0 Å². The van der Waals surface area contributed by atoms with Crippen LogP contribution < -0.4 is 5.32 Å². The molecule has 1 amide bonds. The lowest BCUT2D eigenvalue weighted by Gasteiger charge is -2.02. The van der Waals surface area contributed by atoms with Gasteiger partial charge in [-0.3, -0.25) is 9.89 Å². The minimum absolute atomic E-state index is 0.221. The van der Waals surface area contributed by atoms with Crippen molar-refractivity contribution in [3.8, 4) is 0 Å². The topological polar surface area (TPSA) is 70.7 Å². The van der Waals surface area contributed by atoms with Crippen LogP contribution in [0.15, 0.2) is 30.6 Å². The highest BCUT2D eigenvalue weighted by Gasteiger charge is 2.06. The minimum atomic E-state index is -0.221. The van der Waals surface area contributed by atoms with E-state index in [4.69, 9.17) is 0 Å². The van der Waals surface area contributed by atoms with E-state index >= 15 is 0 Å². The lowest BCUT2D eigenvalue weighted by Crippen LogP contribution is -2.12. The molecule has 0 aromatic carbocycles. The number of aromatic amines is 1. The molecule has 0 fully saturated rings. The van der Waals surface area contributed by atoms with E-state index in [1.165, 1.54) is 12.4 Å². The van der Waals surface area contributed by atoms with Gasteiger partial charge in [0.15, 0.2) is 0 Å². The Morgan fingerprint density at radius 3 is 3.00 bits per heavy atom. The zero-order valence-corrected chi connectivity index (χ0v) is 8.19. The number of amides is 1. The fraction of sp³-hybridized carbons (Fsp3) is 0.100. The first-order valence-corrected chi connectivity index (χ1v) is 4.49. The third kappa shape index (κ3) is 2.19. The molecule has 5 nitrogen and oxygen atoms in total. The van der Waals surface area contributed by atoms with Gasteiger partial charge < -0.3 is 5.32 Å². The van der Waals surface area contributed by atoms with Gasteiger partial charge in [-0.2, -0.15) is 5.10 Å². The SMILES string of the molecule is Cc1cccc(NC(=O)c2cn[nH]c2)n1. The summed E-state index contributed by atoms with van der Waals surface area (Å²) < 4.78 is 0. The average molecular weight is 202 g/mol. The van der Waals surface area contributed by atoms with Crippen LogP contribution in [0.5, 0.6) is 0 Å². The highest BCUT2D eigenvalue weighted by molar-refractivity contribution is 6.03. The number of pyridine rings is 1. The number of aryl methyl sites for hydroxylation is 1. The molecule has 0 radical (unpaired) electrons. The molecule has 0 spiro atoms. The Labute approximate surface area is 86.5 Å². The summed E-state index contributed by atoms with van der Waals surface area (Å²) in [5.74, 6) is 0.322. The van der Waals surface area contributed by atoms with Gasteiger partial charge in [-0.05, 0) is 19.1 Å². The molecule has 2 rings (SSSR count). The van der Waals surface area contributed by atoms with Gasteiger partial charge in [-0.1, -0.05) is 6.07 Å². The summed E-state index contributed by atoms with van der Waals surface area (Å²) in [6, 6.07) is 5.45. The third-order valence-electron chi connectivity index (χ3n) is 1.89. The Kier molecular flexibility index (Phi) is 2.45. The predicted molar refractivity (Wildman–Crippen MR) is 55.5 cm³/mol. The van der Waals surface area contributed by atoms with Crippen molar-refractivity contribution in [2.24, 2.45) is 0 Å². The monoisotopic (exact) mass is 202 g/mol. The molecule has 0 aliphatic carbocycles. The average Bonchev–Trinajstić information content (AvgIpc) is 2.70. The molecule has 0 saturated carbocycles. The molecule has 5 heteroatoms. The first-order valence-electron chi connectivity index (χ1n) is 4.49. The van der Waals surface area contributed by atoms with Crippen molar-refractivity contribution < 1.29 is 4.79 Å². The van der Waals surface area contributed by atoms with E-state index in [0.29, 0.717) is 11.4 Å². The molecular weight excluding hydrogens is 192 g/mol. The van der Waals surface area contributed by atoms with E-state index < -0.39 is 0 Å². The van der Waals surface area contributed by atoms with Gasteiger partial charge in [0.2, 0.25) is 0 Å². The van der Waals surface area contributed by atoms with Crippen molar-refractivity contribution in [2.45, 2.75) is 6.92 Å². The number of H-pyrrole nitrogens is 1. The second-order valence-corrected chi connectivity index (χ2v) is 3.11. The first kappa shape index (κ1) is 9.39. The van der Waals surface area contributed by atoms with E-state index in [9.17, 15) is 4.79 Å². The molecule has 0 aliphatic rings. The molecule has 2 aromatic heterocycles. The number of hydrogen-bond acceptors (Lipinski definition) is 3. The molecule has 2 heterocycles. The molecule has 0 bridgehead atoms. The molecule has 15 heavy (non-hydrogen) atoms. The first-order chi connectivity index (χ1) is 7.25. The highest BCUT2D eigenvalue weighted by atomic mass is 16.1. The van der Waals surface area contributed by atoms with E-state index in [1.807, 2.05) is 19.1 Å². The number of carbonyl (C=O) groups is 1. The van der Waals surface area contributed by atoms with Crippen molar-refractivity contribution in [3.63, 3.8) is 0 Å². The molecular formula is C10H10N4O. The minimum Gasteiger partial charge on any atom is -0.306 e. The molecule has 0 saturated heterocycles. The molecule has 76 valence electrons. The Morgan fingerprint density at radius 1 is 1.47 bits per heavy atom. The van der Waals surface area contributed by atoms with Crippen LogP contribution in [0.1, 0.15) is 16.1 Å². The number of hydrogen-bond donors (Lipinski definition) is 2. The van der Waals surface area contributed by atoms with Gasteiger partial charge >= 0.3 is 0 Å². The maximum Gasteiger partial charge on any atom is 0.259 e. The van der Waals surface area contributed by atoms with E-state index in [0.717, 1.165) is 5.69 Å². The van der Waals surface area contributed by atoms with Crippen molar-refractivity contribution >= 4 is 11.7 Å². The maximum absolute atomic E-state index is 11.6. The van der Waals surface area contributed by atoms with Crippen LogP contribution >= 0.6 is 0 Å². The van der Waals surface area contributed by atoms with Crippen molar-refractivity contribution in [2.75, 3.05) is 5.32 Å². The Bertz CT molecular complexity index is 464. The molecule has 2 N–H and O–H groups in total. The van der Waals surface area contributed by atoms with E-state index in [-0.39, 0.29) is 5.91 Å². The van der Waals surface area contributed by atoms with Crippen LogP contribution in [0, 0.1) is 6.92 Å². The number of nitrogens with one attached hydrogen (secondary N) is 2. The summed E-state index contributed by atoms with van der Waals surface area (Å²) in [5.41, 5.74) is 1.35. The number of nitrogens with zero attached hydrogens (tertiary/aromatic N) is 2. The number of rotatable bonds is 2. The quantitative estimate of drug-likeness (QED) is 0.772. The van der Waals surface area contributed by atoms with E-state index in [1.54, 1.807) is 6.07 Å². The predicted octanol–water partition coefficient (Wildman–Crippen LogP) is 1.37. The highest BCUT2D eigenvalue weighted by Crippen LogP contribution is 2.05. The molecule has 0 aliphatic heterocycles. The molecule has 2 aromatic rings. The number of aromatic nitrogens is 3. The van der Waals surface area contributed by atoms with Crippen LogP contribution in [-0.4, -0.2) is 21.1 Å².